The number of hydrogen-bond acceptors (Lipinski definition) is 3. The predicted molar refractivity (Wildman–Crippen MR) is 127 cm³/mol. The van der Waals surface area contributed by atoms with E-state index in [1.165, 1.54) is 17.8 Å². The Morgan fingerprint density at radius 1 is 1.15 bits per heavy atom. The SMILES string of the molecule is C/C(C#N)=C1/c2ccc(Cc3c(C(C)C)nc4ccccn34)cc2COc2cc(F)ccc21. The van der Waals surface area contributed by atoms with Crippen LogP contribution in [0.25, 0.3) is 11.2 Å². The van der Waals surface area contributed by atoms with Crippen LogP contribution in [0.2, 0.25) is 0 Å². The molecule has 2 aromatic carbocycles. The van der Waals surface area contributed by atoms with Gasteiger partial charge in [0.2, 0.25) is 0 Å². The minimum Gasteiger partial charge on any atom is -0.488 e. The summed E-state index contributed by atoms with van der Waals surface area (Å²) in [5, 5.41) is 9.66. The first-order valence-electron chi connectivity index (χ1n) is 11.1. The molecule has 0 aliphatic carbocycles. The van der Waals surface area contributed by atoms with Crippen LogP contribution in [0.5, 0.6) is 5.75 Å². The number of imidazole rings is 1. The monoisotopic (exact) mass is 437 g/mol. The van der Waals surface area contributed by atoms with Gasteiger partial charge in [-0.3, -0.25) is 0 Å². The molecule has 0 unspecified atom stereocenters. The van der Waals surface area contributed by atoms with Crippen LogP contribution in [0.3, 0.4) is 0 Å². The summed E-state index contributed by atoms with van der Waals surface area (Å²) in [4.78, 5) is 4.85. The largest absolute Gasteiger partial charge is 0.488 e. The lowest BCUT2D eigenvalue weighted by Gasteiger charge is -2.13. The summed E-state index contributed by atoms with van der Waals surface area (Å²) in [5.74, 6) is 0.408. The Bertz CT molecular complexity index is 1460. The molecular weight excluding hydrogens is 413 g/mol. The molecule has 0 bridgehead atoms. The average Bonchev–Trinajstić information content (AvgIpc) is 3.10. The van der Waals surface area contributed by atoms with Crippen LogP contribution in [0, 0.1) is 17.1 Å². The summed E-state index contributed by atoms with van der Waals surface area (Å²) in [6.07, 6.45) is 2.78. The van der Waals surface area contributed by atoms with Gasteiger partial charge in [0, 0.05) is 35.4 Å². The molecule has 4 nitrogen and oxygen atoms in total. The Kier molecular flexibility index (Phi) is 5.22. The summed E-state index contributed by atoms with van der Waals surface area (Å²) in [6.45, 7) is 6.42. The summed E-state index contributed by atoms with van der Waals surface area (Å²) < 4.78 is 22.1. The Balaban J connectivity index is 1.61. The fraction of sp³-hybridized carbons (Fsp3) is 0.214. The van der Waals surface area contributed by atoms with Gasteiger partial charge >= 0.3 is 0 Å². The smallest absolute Gasteiger partial charge is 0.137 e. The highest BCUT2D eigenvalue weighted by molar-refractivity contribution is 5.88. The van der Waals surface area contributed by atoms with Gasteiger partial charge in [-0.25, -0.2) is 9.37 Å². The highest BCUT2D eigenvalue weighted by Gasteiger charge is 2.23. The number of benzene rings is 2. The fourth-order valence-corrected chi connectivity index (χ4v) is 4.60. The number of fused-ring (bicyclic) bond motifs is 3. The topological polar surface area (TPSA) is 50.3 Å². The molecule has 2 aromatic heterocycles. The van der Waals surface area contributed by atoms with E-state index in [0.29, 0.717) is 23.8 Å². The van der Waals surface area contributed by atoms with Crippen molar-refractivity contribution in [1.82, 2.24) is 9.38 Å². The van der Waals surface area contributed by atoms with Crippen LogP contribution in [-0.2, 0) is 13.0 Å². The lowest BCUT2D eigenvalue weighted by Crippen LogP contribution is -2.03. The molecule has 33 heavy (non-hydrogen) atoms. The zero-order valence-corrected chi connectivity index (χ0v) is 18.9. The lowest BCUT2D eigenvalue weighted by molar-refractivity contribution is 0.305. The van der Waals surface area contributed by atoms with E-state index >= 15 is 0 Å². The third kappa shape index (κ3) is 3.68. The second-order valence-corrected chi connectivity index (χ2v) is 8.74. The maximum Gasteiger partial charge on any atom is 0.137 e. The van der Waals surface area contributed by atoms with Crippen molar-refractivity contribution in [2.45, 2.75) is 39.7 Å². The van der Waals surface area contributed by atoms with Gasteiger partial charge in [0.15, 0.2) is 0 Å². The van der Waals surface area contributed by atoms with Crippen LogP contribution >= 0.6 is 0 Å². The van der Waals surface area contributed by atoms with Crippen molar-refractivity contribution in [2.24, 2.45) is 0 Å². The quantitative estimate of drug-likeness (QED) is 0.347. The molecule has 164 valence electrons. The van der Waals surface area contributed by atoms with Gasteiger partial charge in [-0.05, 0) is 53.8 Å². The van der Waals surface area contributed by atoms with Gasteiger partial charge in [-0.15, -0.1) is 0 Å². The van der Waals surface area contributed by atoms with Crippen molar-refractivity contribution in [3.8, 4) is 11.8 Å². The molecule has 1 aliphatic heterocycles. The first-order chi connectivity index (χ1) is 16.0. The van der Waals surface area contributed by atoms with Crippen molar-refractivity contribution in [1.29, 1.82) is 5.26 Å². The molecule has 5 rings (SSSR count). The Hall–Kier alpha value is -3.91. The number of hydrogen-bond donors (Lipinski definition) is 0. The van der Waals surface area contributed by atoms with E-state index in [1.807, 2.05) is 18.2 Å². The number of ether oxygens (including phenoxy) is 1. The lowest BCUT2D eigenvalue weighted by atomic mass is 9.89. The molecule has 0 spiro atoms. The maximum absolute atomic E-state index is 13.9. The number of allylic oxidation sites excluding steroid dienone is 1. The van der Waals surface area contributed by atoms with Gasteiger partial charge in [0.25, 0.3) is 0 Å². The summed E-state index contributed by atoms with van der Waals surface area (Å²) >= 11 is 0. The molecule has 0 saturated heterocycles. The van der Waals surface area contributed by atoms with E-state index in [4.69, 9.17) is 9.72 Å². The average molecular weight is 438 g/mol. The molecule has 0 atom stereocenters. The van der Waals surface area contributed by atoms with Gasteiger partial charge < -0.3 is 9.14 Å². The molecule has 0 N–H and O–H groups in total. The number of nitriles is 1. The van der Waals surface area contributed by atoms with E-state index in [0.717, 1.165) is 45.6 Å². The summed E-state index contributed by atoms with van der Waals surface area (Å²) in [7, 11) is 0. The fourth-order valence-electron chi connectivity index (χ4n) is 4.60. The van der Waals surface area contributed by atoms with E-state index < -0.39 is 0 Å². The summed E-state index contributed by atoms with van der Waals surface area (Å²) in [6, 6.07) is 19.1. The molecule has 0 amide bonds. The second kappa shape index (κ2) is 8.22. The number of rotatable bonds is 3. The normalized spacial score (nSPS) is 14.3. The Morgan fingerprint density at radius 3 is 2.76 bits per heavy atom. The zero-order chi connectivity index (χ0) is 23.1. The van der Waals surface area contributed by atoms with Crippen LogP contribution in [0.4, 0.5) is 4.39 Å². The molecule has 5 heteroatoms. The molecule has 0 saturated carbocycles. The van der Waals surface area contributed by atoms with Crippen molar-refractivity contribution in [3.63, 3.8) is 0 Å². The third-order valence-corrected chi connectivity index (χ3v) is 6.16. The third-order valence-electron chi connectivity index (χ3n) is 6.16. The highest BCUT2D eigenvalue weighted by Crippen LogP contribution is 2.39. The van der Waals surface area contributed by atoms with Gasteiger partial charge in [-0.1, -0.05) is 38.1 Å². The predicted octanol–water partition coefficient (Wildman–Crippen LogP) is 6.43. The van der Waals surface area contributed by atoms with Crippen LogP contribution < -0.4 is 4.74 Å². The first kappa shape index (κ1) is 21.0. The second-order valence-electron chi connectivity index (χ2n) is 8.74. The number of aromatic nitrogens is 2. The summed E-state index contributed by atoms with van der Waals surface area (Å²) in [5.41, 5.74) is 8.39. The Labute approximate surface area is 192 Å². The number of pyridine rings is 1. The minimum atomic E-state index is -0.358. The van der Waals surface area contributed by atoms with E-state index in [-0.39, 0.29) is 5.82 Å². The van der Waals surface area contributed by atoms with E-state index in [1.54, 1.807) is 13.0 Å². The van der Waals surface area contributed by atoms with Crippen LogP contribution in [-0.4, -0.2) is 9.38 Å². The van der Waals surface area contributed by atoms with Gasteiger partial charge in [0.05, 0.1) is 17.5 Å². The number of nitrogens with zero attached hydrogens (tertiary/aromatic N) is 3. The standard InChI is InChI=1S/C28H24FN3O/c1-17(2)28-24(32-11-5-4-6-26(32)31-28)13-19-7-9-22-20(12-19)16-33-25-14-21(29)8-10-23(25)27(22)18(3)15-30/h4-12,14,17H,13,16H2,1-3H3/b27-18+. The van der Waals surface area contributed by atoms with E-state index in [9.17, 15) is 9.65 Å². The molecule has 0 radical (unpaired) electrons. The van der Waals surface area contributed by atoms with Gasteiger partial charge in [-0.2, -0.15) is 5.26 Å². The first-order valence-corrected chi connectivity index (χ1v) is 11.1. The minimum absolute atomic E-state index is 0.307. The molecular formula is C28H24FN3O. The molecule has 0 fully saturated rings. The van der Waals surface area contributed by atoms with Crippen LogP contribution in [0.1, 0.15) is 60.3 Å². The highest BCUT2D eigenvalue weighted by atomic mass is 19.1. The maximum atomic E-state index is 13.9. The van der Waals surface area contributed by atoms with Crippen molar-refractivity contribution in [2.75, 3.05) is 0 Å². The number of halogens is 1. The van der Waals surface area contributed by atoms with Crippen molar-refractivity contribution < 1.29 is 9.13 Å². The molecule has 3 heterocycles. The Morgan fingerprint density at radius 2 is 1.97 bits per heavy atom. The van der Waals surface area contributed by atoms with Crippen LogP contribution in [0.15, 0.2) is 66.4 Å². The molecule has 4 aromatic rings. The molecule has 1 aliphatic rings. The van der Waals surface area contributed by atoms with E-state index in [2.05, 4.69) is 48.7 Å². The van der Waals surface area contributed by atoms with Crippen molar-refractivity contribution >= 4 is 11.2 Å². The zero-order valence-electron chi connectivity index (χ0n) is 18.9. The van der Waals surface area contributed by atoms with Crippen molar-refractivity contribution in [3.05, 3.63) is 106 Å². The van der Waals surface area contributed by atoms with Gasteiger partial charge in [0.1, 0.15) is 23.8 Å².